The van der Waals surface area contributed by atoms with Crippen LogP contribution in [0.2, 0.25) is 0 Å². The highest BCUT2D eigenvalue weighted by atomic mass is 16.2. The molecule has 0 saturated heterocycles. The molecule has 0 aromatic heterocycles. The molecule has 1 aromatic rings. The van der Waals surface area contributed by atoms with Gasteiger partial charge in [-0.05, 0) is 30.7 Å². The first kappa shape index (κ1) is 16.0. The highest BCUT2D eigenvalue weighted by molar-refractivity contribution is 6.39. The number of carbonyl (C=O) groups excluding carboxylic acids is 2. The maximum Gasteiger partial charge on any atom is 0.313 e. The molecule has 5 heteroatoms. The Hall–Kier alpha value is -2.04. The first-order valence-corrected chi connectivity index (χ1v) is 6.91. The monoisotopic (exact) mass is 277 g/mol. The van der Waals surface area contributed by atoms with Gasteiger partial charge in [0.25, 0.3) is 0 Å². The standard InChI is InChI=1S/C15H23N3O2/c1-4-5-6-11-16-14(19)15(20)17-12-7-9-13(10-8-12)18(2)3/h7-10H,4-6,11H2,1-3H3,(H,16,19)(H,17,20). The van der Waals surface area contributed by atoms with Crippen LogP contribution in [-0.2, 0) is 9.59 Å². The van der Waals surface area contributed by atoms with Crippen molar-refractivity contribution < 1.29 is 9.59 Å². The summed E-state index contributed by atoms with van der Waals surface area (Å²) in [6.45, 7) is 2.63. The van der Waals surface area contributed by atoms with E-state index in [1.807, 2.05) is 31.1 Å². The maximum atomic E-state index is 11.7. The van der Waals surface area contributed by atoms with Crippen molar-refractivity contribution >= 4 is 23.2 Å². The minimum absolute atomic E-state index is 0.541. The molecule has 0 atom stereocenters. The van der Waals surface area contributed by atoms with E-state index >= 15 is 0 Å². The lowest BCUT2D eigenvalue weighted by molar-refractivity contribution is -0.136. The van der Waals surface area contributed by atoms with Crippen LogP contribution < -0.4 is 15.5 Å². The fourth-order valence-corrected chi connectivity index (χ4v) is 1.69. The fourth-order valence-electron chi connectivity index (χ4n) is 1.69. The van der Waals surface area contributed by atoms with Crippen molar-refractivity contribution in [2.75, 3.05) is 30.9 Å². The lowest BCUT2D eigenvalue weighted by atomic mass is 10.2. The third kappa shape index (κ3) is 5.30. The zero-order valence-electron chi connectivity index (χ0n) is 12.4. The van der Waals surface area contributed by atoms with Gasteiger partial charge in [0.15, 0.2) is 0 Å². The summed E-state index contributed by atoms with van der Waals surface area (Å²) >= 11 is 0. The summed E-state index contributed by atoms with van der Waals surface area (Å²) in [5.41, 5.74) is 1.65. The van der Waals surface area contributed by atoms with Crippen LogP contribution in [0.25, 0.3) is 0 Å². The molecule has 0 fully saturated rings. The van der Waals surface area contributed by atoms with Crippen LogP contribution in [0, 0.1) is 0 Å². The SMILES string of the molecule is CCCCCNC(=O)C(=O)Nc1ccc(N(C)C)cc1. The zero-order valence-corrected chi connectivity index (χ0v) is 12.4. The Labute approximate surface area is 120 Å². The van der Waals surface area contributed by atoms with Crippen molar-refractivity contribution in [2.24, 2.45) is 0 Å². The normalized spacial score (nSPS) is 9.95. The molecule has 0 spiro atoms. The molecule has 2 amide bonds. The van der Waals surface area contributed by atoms with E-state index in [0.717, 1.165) is 24.9 Å². The number of anilines is 2. The van der Waals surface area contributed by atoms with Gasteiger partial charge in [0.1, 0.15) is 0 Å². The molecule has 0 aliphatic heterocycles. The van der Waals surface area contributed by atoms with Gasteiger partial charge in [-0.2, -0.15) is 0 Å². The van der Waals surface area contributed by atoms with Gasteiger partial charge in [-0.1, -0.05) is 19.8 Å². The van der Waals surface area contributed by atoms with E-state index in [2.05, 4.69) is 17.6 Å². The van der Waals surface area contributed by atoms with E-state index in [4.69, 9.17) is 0 Å². The van der Waals surface area contributed by atoms with E-state index in [1.54, 1.807) is 12.1 Å². The van der Waals surface area contributed by atoms with E-state index in [-0.39, 0.29) is 0 Å². The lowest BCUT2D eigenvalue weighted by Gasteiger charge is -2.13. The third-order valence-corrected chi connectivity index (χ3v) is 2.91. The molecular weight excluding hydrogens is 254 g/mol. The molecule has 0 saturated carbocycles. The molecule has 0 radical (unpaired) electrons. The summed E-state index contributed by atoms with van der Waals surface area (Å²) in [5, 5.41) is 5.19. The van der Waals surface area contributed by atoms with E-state index < -0.39 is 11.8 Å². The Morgan fingerprint density at radius 2 is 1.70 bits per heavy atom. The van der Waals surface area contributed by atoms with Crippen molar-refractivity contribution in [1.82, 2.24) is 5.32 Å². The number of nitrogens with one attached hydrogen (secondary N) is 2. The second-order valence-corrected chi connectivity index (χ2v) is 4.86. The molecule has 0 heterocycles. The number of unbranched alkanes of at least 4 members (excludes halogenated alkanes) is 2. The van der Waals surface area contributed by atoms with Gasteiger partial charge in [0, 0.05) is 32.0 Å². The van der Waals surface area contributed by atoms with Crippen molar-refractivity contribution in [2.45, 2.75) is 26.2 Å². The molecular formula is C15H23N3O2. The highest BCUT2D eigenvalue weighted by Gasteiger charge is 2.12. The van der Waals surface area contributed by atoms with Crippen LogP contribution in [0.3, 0.4) is 0 Å². The summed E-state index contributed by atoms with van der Waals surface area (Å²) in [5.74, 6) is -1.21. The second kappa shape index (κ2) is 8.19. The molecule has 0 aliphatic rings. The van der Waals surface area contributed by atoms with Crippen LogP contribution in [0.4, 0.5) is 11.4 Å². The lowest BCUT2D eigenvalue weighted by Crippen LogP contribution is -2.35. The van der Waals surface area contributed by atoms with Gasteiger partial charge in [0.2, 0.25) is 0 Å². The van der Waals surface area contributed by atoms with Crippen molar-refractivity contribution in [1.29, 1.82) is 0 Å². The Kier molecular flexibility index (Phi) is 6.56. The molecule has 0 bridgehead atoms. The zero-order chi connectivity index (χ0) is 15.0. The van der Waals surface area contributed by atoms with Gasteiger partial charge in [-0.3, -0.25) is 9.59 Å². The van der Waals surface area contributed by atoms with Gasteiger partial charge in [0.05, 0.1) is 0 Å². The van der Waals surface area contributed by atoms with Crippen molar-refractivity contribution in [3.8, 4) is 0 Å². The molecule has 20 heavy (non-hydrogen) atoms. The van der Waals surface area contributed by atoms with Gasteiger partial charge >= 0.3 is 11.8 Å². The molecule has 5 nitrogen and oxygen atoms in total. The number of carbonyl (C=O) groups is 2. The van der Waals surface area contributed by atoms with Crippen LogP contribution in [-0.4, -0.2) is 32.5 Å². The summed E-state index contributed by atoms with van der Waals surface area (Å²) in [6, 6.07) is 7.32. The van der Waals surface area contributed by atoms with Crippen molar-refractivity contribution in [3.05, 3.63) is 24.3 Å². The second-order valence-electron chi connectivity index (χ2n) is 4.86. The molecule has 1 rings (SSSR count). The number of nitrogens with zero attached hydrogens (tertiary/aromatic N) is 1. The number of hydrogen-bond acceptors (Lipinski definition) is 3. The third-order valence-electron chi connectivity index (χ3n) is 2.91. The Balaban J connectivity index is 2.43. The largest absolute Gasteiger partial charge is 0.378 e. The van der Waals surface area contributed by atoms with Crippen molar-refractivity contribution in [3.63, 3.8) is 0 Å². The van der Waals surface area contributed by atoms with Gasteiger partial charge < -0.3 is 15.5 Å². The predicted molar refractivity (Wildman–Crippen MR) is 81.9 cm³/mol. The Morgan fingerprint density at radius 3 is 2.25 bits per heavy atom. The van der Waals surface area contributed by atoms with E-state index in [9.17, 15) is 9.59 Å². The quantitative estimate of drug-likeness (QED) is 0.617. The smallest absolute Gasteiger partial charge is 0.313 e. The van der Waals surface area contributed by atoms with Gasteiger partial charge in [-0.25, -0.2) is 0 Å². The number of hydrogen-bond donors (Lipinski definition) is 2. The Bertz CT molecular complexity index is 441. The first-order chi connectivity index (χ1) is 9.54. The van der Waals surface area contributed by atoms with Gasteiger partial charge in [-0.15, -0.1) is 0 Å². The fraction of sp³-hybridized carbons (Fsp3) is 0.467. The molecule has 110 valence electrons. The topological polar surface area (TPSA) is 61.4 Å². The van der Waals surface area contributed by atoms with Crippen LogP contribution in [0.1, 0.15) is 26.2 Å². The van der Waals surface area contributed by atoms with Crippen LogP contribution in [0.5, 0.6) is 0 Å². The predicted octanol–water partition coefficient (Wildman–Crippen LogP) is 2.00. The summed E-state index contributed by atoms with van der Waals surface area (Å²) < 4.78 is 0. The van der Waals surface area contributed by atoms with E-state index in [1.165, 1.54) is 0 Å². The molecule has 1 aromatic carbocycles. The number of amides is 2. The number of benzene rings is 1. The van der Waals surface area contributed by atoms with Crippen LogP contribution >= 0.6 is 0 Å². The Morgan fingerprint density at radius 1 is 1.05 bits per heavy atom. The summed E-state index contributed by atoms with van der Waals surface area (Å²) in [7, 11) is 3.88. The summed E-state index contributed by atoms with van der Waals surface area (Å²) in [6.07, 6.45) is 3.03. The maximum absolute atomic E-state index is 11.7. The van der Waals surface area contributed by atoms with Crippen LogP contribution in [0.15, 0.2) is 24.3 Å². The first-order valence-electron chi connectivity index (χ1n) is 6.91. The minimum atomic E-state index is -0.626. The molecule has 2 N–H and O–H groups in total. The molecule has 0 unspecified atom stereocenters. The number of rotatable bonds is 6. The average molecular weight is 277 g/mol. The minimum Gasteiger partial charge on any atom is -0.378 e. The molecule has 0 aliphatic carbocycles. The summed E-state index contributed by atoms with van der Waals surface area (Å²) in [4.78, 5) is 25.2. The average Bonchev–Trinajstić information content (AvgIpc) is 2.44. The highest BCUT2D eigenvalue weighted by Crippen LogP contribution is 2.15. The van der Waals surface area contributed by atoms with E-state index in [0.29, 0.717) is 12.2 Å².